The van der Waals surface area contributed by atoms with Crippen LogP contribution in [-0.2, 0) is 0 Å². The standard InChI is InChI=1S/C38H19FN4O2S3/c39-25-10-5-20(6-11-25)21-7-12-28-26(15-21)36(45)43-31-14-9-23(17-34(31)48-38(43)41-28)33-18-24(19-46-33)22-8-13-29-27(16-22)35(44)42-30-3-1-2-4-32(30)47-37(42)40-29/h1-19H. The summed E-state index contributed by atoms with van der Waals surface area (Å²) in [4.78, 5) is 39.5. The van der Waals surface area contributed by atoms with Gasteiger partial charge in [0.1, 0.15) is 5.82 Å². The molecule has 10 aromatic rings. The summed E-state index contributed by atoms with van der Waals surface area (Å²) >= 11 is 4.63. The summed E-state index contributed by atoms with van der Waals surface area (Å²) in [6.07, 6.45) is 0. The number of fused-ring (bicyclic) bond motifs is 8. The largest absolute Gasteiger partial charge is 0.268 e. The monoisotopic (exact) mass is 678 g/mol. The van der Waals surface area contributed by atoms with Crippen LogP contribution < -0.4 is 11.1 Å². The van der Waals surface area contributed by atoms with E-state index in [-0.39, 0.29) is 16.9 Å². The molecule has 0 saturated carbocycles. The average molecular weight is 679 g/mol. The Hall–Kier alpha value is -5.55. The van der Waals surface area contributed by atoms with E-state index in [1.807, 2.05) is 72.8 Å². The van der Waals surface area contributed by atoms with Crippen molar-refractivity contribution in [2.75, 3.05) is 0 Å². The third kappa shape index (κ3) is 4.13. The zero-order valence-electron chi connectivity index (χ0n) is 24.7. The van der Waals surface area contributed by atoms with Gasteiger partial charge in [0.15, 0.2) is 9.92 Å². The van der Waals surface area contributed by atoms with E-state index < -0.39 is 0 Å². The number of para-hydroxylation sites is 1. The van der Waals surface area contributed by atoms with E-state index in [0.29, 0.717) is 31.7 Å². The molecule has 10 heteroatoms. The molecule has 0 bridgehead atoms. The van der Waals surface area contributed by atoms with Crippen LogP contribution in [0.4, 0.5) is 4.39 Å². The number of nitrogens with zero attached hydrogens (tertiary/aromatic N) is 4. The second-order valence-corrected chi connectivity index (χ2v) is 14.5. The van der Waals surface area contributed by atoms with Crippen LogP contribution in [-0.4, -0.2) is 18.8 Å². The fourth-order valence-electron chi connectivity index (χ4n) is 6.39. The van der Waals surface area contributed by atoms with Gasteiger partial charge in [0.25, 0.3) is 11.1 Å². The lowest BCUT2D eigenvalue weighted by Crippen LogP contribution is -2.13. The third-order valence-electron chi connectivity index (χ3n) is 8.78. The van der Waals surface area contributed by atoms with Gasteiger partial charge in [-0.05, 0) is 99.9 Å². The third-order valence-corrected chi connectivity index (χ3v) is 11.8. The van der Waals surface area contributed by atoms with Crippen LogP contribution in [0.15, 0.2) is 124 Å². The Kier molecular flexibility index (Phi) is 5.87. The molecule has 5 aromatic heterocycles. The molecule has 0 fully saturated rings. The molecule has 0 radical (unpaired) electrons. The van der Waals surface area contributed by atoms with Gasteiger partial charge in [-0.3, -0.25) is 18.4 Å². The highest BCUT2D eigenvalue weighted by Gasteiger charge is 2.16. The van der Waals surface area contributed by atoms with Gasteiger partial charge in [-0.1, -0.05) is 65.1 Å². The van der Waals surface area contributed by atoms with Crippen molar-refractivity contribution in [1.29, 1.82) is 0 Å². The van der Waals surface area contributed by atoms with Gasteiger partial charge >= 0.3 is 0 Å². The predicted molar refractivity (Wildman–Crippen MR) is 196 cm³/mol. The van der Waals surface area contributed by atoms with E-state index in [4.69, 9.17) is 9.97 Å². The molecule has 0 N–H and O–H groups in total. The molecule has 6 nitrogen and oxygen atoms in total. The summed E-state index contributed by atoms with van der Waals surface area (Å²) in [6, 6.07) is 33.8. The minimum Gasteiger partial charge on any atom is -0.268 e. The second kappa shape index (κ2) is 10.2. The molecule has 48 heavy (non-hydrogen) atoms. The van der Waals surface area contributed by atoms with Gasteiger partial charge in [-0.2, -0.15) is 0 Å². The van der Waals surface area contributed by atoms with Gasteiger partial charge in [0.2, 0.25) is 0 Å². The summed E-state index contributed by atoms with van der Waals surface area (Å²) in [5.74, 6) is -0.303. The molecule has 10 rings (SSSR count). The molecule has 0 amide bonds. The highest BCUT2D eigenvalue weighted by molar-refractivity contribution is 7.24. The van der Waals surface area contributed by atoms with Crippen LogP contribution in [0.3, 0.4) is 0 Å². The topological polar surface area (TPSA) is 68.7 Å². The van der Waals surface area contributed by atoms with Gasteiger partial charge in [-0.25, -0.2) is 14.4 Å². The molecule has 5 aromatic carbocycles. The molecule has 0 spiro atoms. The highest BCUT2D eigenvalue weighted by atomic mass is 32.1. The molecule has 5 heterocycles. The minimum atomic E-state index is -0.303. The maximum absolute atomic E-state index is 13.8. The Morgan fingerprint density at radius 1 is 0.542 bits per heavy atom. The fraction of sp³-hybridized carbons (Fsp3) is 0. The van der Waals surface area contributed by atoms with Crippen molar-refractivity contribution < 1.29 is 4.39 Å². The van der Waals surface area contributed by atoms with Crippen molar-refractivity contribution in [3.05, 3.63) is 141 Å². The Morgan fingerprint density at radius 3 is 1.83 bits per heavy atom. The number of hydrogen-bond donors (Lipinski definition) is 0. The number of halogens is 1. The summed E-state index contributed by atoms with van der Waals surface area (Å²) in [5.41, 5.74) is 7.46. The first kappa shape index (κ1) is 27.6. The van der Waals surface area contributed by atoms with Gasteiger partial charge in [-0.15, -0.1) is 11.3 Å². The lowest BCUT2D eigenvalue weighted by molar-refractivity contribution is 0.628. The number of rotatable bonds is 3. The normalized spacial score (nSPS) is 12.0. The SMILES string of the molecule is O=c1c2cc(-c3csc(-c4ccc5c(c4)sc4nc6ccc(-c7ccc(F)cc7)cc6c(=O)n45)c3)ccc2nc2sc3ccccc3n12. The van der Waals surface area contributed by atoms with Crippen molar-refractivity contribution >= 4 is 86.2 Å². The average Bonchev–Trinajstić information content (AvgIpc) is 3.84. The first-order valence-electron chi connectivity index (χ1n) is 15.1. The number of thiazole rings is 2. The molecule has 228 valence electrons. The molecule has 0 aliphatic rings. The maximum atomic E-state index is 13.8. The van der Waals surface area contributed by atoms with Crippen LogP contribution >= 0.6 is 34.0 Å². The van der Waals surface area contributed by atoms with E-state index in [1.165, 1.54) is 34.8 Å². The zero-order chi connectivity index (χ0) is 32.1. The Labute approximate surface area is 281 Å². The number of hydrogen-bond acceptors (Lipinski definition) is 7. The van der Waals surface area contributed by atoms with E-state index >= 15 is 0 Å². The smallest absolute Gasteiger partial charge is 0.266 e. The fourth-order valence-corrected chi connectivity index (χ4v) is 9.39. The van der Waals surface area contributed by atoms with Crippen LogP contribution in [0.1, 0.15) is 0 Å². The second-order valence-electron chi connectivity index (χ2n) is 11.6. The predicted octanol–water partition coefficient (Wildman–Crippen LogP) is 9.64. The number of thiophene rings is 1. The molecule has 0 aliphatic heterocycles. The van der Waals surface area contributed by atoms with Crippen LogP contribution in [0.2, 0.25) is 0 Å². The van der Waals surface area contributed by atoms with Crippen molar-refractivity contribution in [2.24, 2.45) is 0 Å². The summed E-state index contributed by atoms with van der Waals surface area (Å²) < 4.78 is 18.9. The summed E-state index contributed by atoms with van der Waals surface area (Å²) in [6.45, 7) is 0. The highest BCUT2D eigenvalue weighted by Crippen LogP contribution is 2.37. The Bertz CT molecular complexity index is 3080. The van der Waals surface area contributed by atoms with Crippen LogP contribution in [0.5, 0.6) is 0 Å². The lowest BCUT2D eigenvalue weighted by Gasteiger charge is -2.05. The lowest BCUT2D eigenvalue weighted by atomic mass is 10.0. The van der Waals surface area contributed by atoms with Crippen molar-refractivity contribution in [2.45, 2.75) is 0 Å². The molecular weight excluding hydrogens is 660 g/mol. The maximum Gasteiger partial charge on any atom is 0.266 e. The summed E-state index contributed by atoms with van der Waals surface area (Å²) in [7, 11) is 0. The van der Waals surface area contributed by atoms with Gasteiger partial charge in [0, 0.05) is 4.88 Å². The van der Waals surface area contributed by atoms with E-state index in [1.54, 1.807) is 32.3 Å². The first-order chi connectivity index (χ1) is 23.5. The summed E-state index contributed by atoms with van der Waals surface area (Å²) in [5, 5.41) is 3.20. The molecule has 0 saturated heterocycles. The van der Waals surface area contributed by atoms with Crippen molar-refractivity contribution in [1.82, 2.24) is 18.8 Å². The molecule has 0 unspecified atom stereocenters. The van der Waals surface area contributed by atoms with Gasteiger partial charge in [0.05, 0.1) is 42.2 Å². The van der Waals surface area contributed by atoms with E-state index in [9.17, 15) is 14.0 Å². The zero-order valence-corrected chi connectivity index (χ0v) is 27.1. The van der Waals surface area contributed by atoms with E-state index in [2.05, 4.69) is 17.5 Å². The van der Waals surface area contributed by atoms with Crippen LogP contribution in [0, 0.1) is 5.82 Å². The number of aromatic nitrogens is 4. The van der Waals surface area contributed by atoms with Gasteiger partial charge < -0.3 is 0 Å². The molecule has 0 atom stereocenters. The van der Waals surface area contributed by atoms with E-state index in [0.717, 1.165) is 53.1 Å². The van der Waals surface area contributed by atoms with Crippen molar-refractivity contribution in [3.8, 4) is 32.7 Å². The van der Waals surface area contributed by atoms with Crippen molar-refractivity contribution in [3.63, 3.8) is 0 Å². The quantitative estimate of drug-likeness (QED) is 0.187. The Morgan fingerprint density at radius 2 is 1.12 bits per heavy atom. The molecule has 0 aliphatic carbocycles. The Balaban J connectivity index is 1.04. The first-order valence-corrected chi connectivity index (χ1v) is 17.6. The molecular formula is C38H19FN4O2S3. The van der Waals surface area contributed by atoms with Crippen LogP contribution in [0.25, 0.3) is 84.9 Å². The minimum absolute atomic E-state index is 0.0665. The number of benzene rings is 5.